The van der Waals surface area contributed by atoms with Gasteiger partial charge in [0.25, 0.3) is 0 Å². The number of imidazole rings is 1. The second kappa shape index (κ2) is 7.51. The number of hydrogen-bond donors (Lipinski definition) is 1. The molecule has 0 aliphatic carbocycles. The van der Waals surface area contributed by atoms with Crippen molar-refractivity contribution in [3.05, 3.63) is 77.7 Å². The molecule has 1 aliphatic heterocycles. The summed E-state index contributed by atoms with van der Waals surface area (Å²) in [7, 11) is 0. The molecule has 2 heterocycles. The van der Waals surface area contributed by atoms with Crippen molar-refractivity contribution < 1.29 is 9.59 Å². The highest BCUT2D eigenvalue weighted by Crippen LogP contribution is 2.38. The second-order valence-corrected chi connectivity index (χ2v) is 7.99. The van der Waals surface area contributed by atoms with E-state index in [1.165, 1.54) is 0 Å². The number of carbonyl (C=O) groups is 2. The molecule has 1 aliphatic rings. The molecule has 0 atom stereocenters. The van der Waals surface area contributed by atoms with Crippen LogP contribution in [0.5, 0.6) is 0 Å². The Hall–Kier alpha value is -3.73. The van der Waals surface area contributed by atoms with Gasteiger partial charge in [-0.25, -0.2) is 4.98 Å². The van der Waals surface area contributed by atoms with Gasteiger partial charge in [0.05, 0.1) is 24.1 Å². The highest BCUT2D eigenvalue weighted by atomic mass is 16.2. The van der Waals surface area contributed by atoms with Gasteiger partial charge in [-0.1, -0.05) is 43.3 Å². The zero-order valence-corrected chi connectivity index (χ0v) is 17.6. The van der Waals surface area contributed by atoms with Crippen LogP contribution in [0.1, 0.15) is 30.2 Å². The van der Waals surface area contributed by atoms with Crippen molar-refractivity contribution in [3.8, 4) is 11.3 Å². The van der Waals surface area contributed by atoms with Crippen LogP contribution in [0, 0.1) is 6.92 Å². The van der Waals surface area contributed by atoms with Crippen LogP contribution in [-0.4, -0.2) is 21.7 Å². The molecule has 0 spiro atoms. The number of fused-ring (bicyclic) bond motifs is 3. The molecule has 0 saturated heterocycles. The molecule has 1 aromatic heterocycles. The van der Waals surface area contributed by atoms with Crippen molar-refractivity contribution in [2.24, 2.45) is 0 Å². The maximum Gasteiger partial charge on any atom is 0.239 e. The molecular weight excluding hydrogens is 386 g/mol. The molecule has 5 rings (SSSR count). The number of carbonyl (C=O) groups excluding carboxylic acids is 2. The van der Waals surface area contributed by atoms with Crippen LogP contribution in [-0.2, 0) is 22.4 Å². The van der Waals surface area contributed by atoms with E-state index in [9.17, 15) is 9.59 Å². The summed E-state index contributed by atoms with van der Waals surface area (Å²) >= 11 is 0. The molecule has 154 valence electrons. The largest absolute Gasteiger partial charge is 0.348 e. The Morgan fingerprint density at radius 3 is 2.68 bits per heavy atom. The average Bonchev–Trinajstić information content (AvgIpc) is 3.18. The van der Waals surface area contributed by atoms with Crippen LogP contribution in [0.4, 0.5) is 11.4 Å². The molecular formula is C26H23N3O2. The minimum absolute atomic E-state index is 0.0532. The van der Waals surface area contributed by atoms with Gasteiger partial charge in [-0.3, -0.25) is 14.5 Å². The van der Waals surface area contributed by atoms with E-state index in [2.05, 4.69) is 16.9 Å². The summed E-state index contributed by atoms with van der Waals surface area (Å²) in [5, 5.41) is 2.09. The third-order valence-corrected chi connectivity index (χ3v) is 6.02. The zero-order valence-electron chi connectivity index (χ0n) is 17.6. The number of Topliss-reactive ketones (excluding diaryl/α,β-unsaturated/α-hetero) is 1. The van der Waals surface area contributed by atoms with Gasteiger partial charge >= 0.3 is 0 Å². The van der Waals surface area contributed by atoms with E-state index in [0.29, 0.717) is 0 Å². The summed E-state index contributed by atoms with van der Waals surface area (Å²) < 4.78 is 0. The second-order valence-electron chi connectivity index (χ2n) is 7.99. The van der Waals surface area contributed by atoms with E-state index in [4.69, 9.17) is 0 Å². The highest BCUT2D eigenvalue weighted by molar-refractivity contribution is 6.15. The topological polar surface area (TPSA) is 66.1 Å². The van der Waals surface area contributed by atoms with Gasteiger partial charge in [-0.2, -0.15) is 0 Å². The fourth-order valence-electron chi connectivity index (χ4n) is 4.52. The van der Waals surface area contributed by atoms with Crippen LogP contribution in [0.25, 0.3) is 22.0 Å². The van der Waals surface area contributed by atoms with Gasteiger partial charge < -0.3 is 4.98 Å². The van der Waals surface area contributed by atoms with Crippen molar-refractivity contribution in [2.75, 3.05) is 4.90 Å². The van der Waals surface area contributed by atoms with E-state index in [-0.39, 0.29) is 24.5 Å². The molecule has 0 unspecified atom stereocenters. The molecule has 1 amide bonds. The number of benzene rings is 3. The number of ketones is 1. The normalized spacial score (nSPS) is 14.1. The van der Waals surface area contributed by atoms with E-state index in [0.717, 1.165) is 56.6 Å². The lowest BCUT2D eigenvalue weighted by atomic mass is 9.98. The van der Waals surface area contributed by atoms with Crippen LogP contribution in [0.2, 0.25) is 0 Å². The lowest BCUT2D eigenvalue weighted by molar-refractivity contribution is -0.125. The molecule has 31 heavy (non-hydrogen) atoms. The summed E-state index contributed by atoms with van der Waals surface area (Å²) in [6.45, 7) is 4.12. The SMILES string of the molecule is CCc1[nH]cnc1-c1ccc(N2C(=O)CC(=O)Cc3c2ccc2ccccc32)cc1C. The van der Waals surface area contributed by atoms with Gasteiger partial charge in [-0.15, -0.1) is 0 Å². The third kappa shape index (κ3) is 3.22. The summed E-state index contributed by atoms with van der Waals surface area (Å²) in [6.07, 6.45) is 2.75. The van der Waals surface area contributed by atoms with Crippen LogP contribution in [0.3, 0.4) is 0 Å². The number of hydrogen-bond acceptors (Lipinski definition) is 3. The molecule has 3 aromatic carbocycles. The van der Waals surface area contributed by atoms with Crippen molar-refractivity contribution >= 4 is 33.8 Å². The van der Waals surface area contributed by atoms with Gasteiger partial charge in [-0.05, 0) is 53.4 Å². The number of aromatic amines is 1. The van der Waals surface area contributed by atoms with Crippen molar-refractivity contribution in [2.45, 2.75) is 33.1 Å². The van der Waals surface area contributed by atoms with Crippen LogP contribution < -0.4 is 4.90 Å². The Balaban J connectivity index is 1.66. The molecule has 0 bridgehead atoms. The molecule has 5 heteroatoms. The number of rotatable bonds is 3. The Kier molecular flexibility index (Phi) is 4.66. The monoisotopic (exact) mass is 409 g/mol. The summed E-state index contributed by atoms with van der Waals surface area (Å²) in [5.74, 6) is -0.247. The highest BCUT2D eigenvalue weighted by Gasteiger charge is 2.29. The van der Waals surface area contributed by atoms with Gasteiger partial charge in [0, 0.05) is 23.4 Å². The Morgan fingerprint density at radius 1 is 1.03 bits per heavy atom. The maximum atomic E-state index is 13.1. The van der Waals surface area contributed by atoms with Gasteiger partial charge in [0.2, 0.25) is 5.91 Å². The molecule has 0 fully saturated rings. The summed E-state index contributed by atoms with van der Waals surface area (Å²) in [6, 6.07) is 18.0. The first-order valence-electron chi connectivity index (χ1n) is 10.6. The van der Waals surface area contributed by atoms with Crippen molar-refractivity contribution in [1.29, 1.82) is 0 Å². The van der Waals surface area contributed by atoms with Gasteiger partial charge in [0.15, 0.2) is 0 Å². The first kappa shape index (κ1) is 19.2. The summed E-state index contributed by atoms with van der Waals surface area (Å²) in [5.41, 5.74) is 6.57. The average molecular weight is 409 g/mol. The van der Waals surface area contributed by atoms with E-state index in [1.54, 1.807) is 11.2 Å². The maximum absolute atomic E-state index is 13.1. The lowest BCUT2D eigenvalue weighted by Crippen LogP contribution is -2.26. The van der Waals surface area contributed by atoms with Crippen molar-refractivity contribution in [1.82, 2.24) is 9.97 Å². The number of H-pyrrole nitrogens is 1. The smallest absolute Gasteiger partial charge is 0.239 e. The standard InChI is InChI=1S/C26H23N3O2/c1-3-23-26(28-15-27-23)20-10-9-18(12-16(20)2)29-24-11-8-17-6-4-5-7-21(17)22(24)13-19(30)14-25(29)31/h4-12,15H,3,13-14H2,1-2H3,(H,27,28). The molecule has 5 nitrogen and oxygen atoms in total. The summed E-state index contributed by atoms with van der Waals surface area (Å²) in [4.78, 5) is 35.1. The van der Waals surface area contributed by atoms with E-state index >= 15 is 0 Å². The molecule has 4 aromatic rings. The number of nitrogens with zero attached hydrogens (tertiary/aromatic N) is 2. The Morgan fingerprint density at radius 2 is 1.87 bits per heavy atom. The predicted octanol–water partition coefficient (Wildman–Crippen LogP) is 5.28. The first-order valence-corrected chi connectivity index (χ1v) is 10.6. The number of amides is 1. The number of aryl methyl sites for hydroxylation is 2. The fraction of sp³-hybridized carbons (Fsp3) is 0.192. The minimum Gasteiger partial charge on any atom is -0.348 e. The van der Waals surface area contributed by atoms with Crippen LogP contribution >= 0.6 is 0 Å². The quantitative estimate of drug-likeness (QED) is 0.468. The van der Waals surface area contributed by atoms with E-state index < -0.39 is 0 Å². The molecule has 1 N–H and O–H groups in total. The Labute approximate surface area is 180 Å². The van der Waals surface area contributed by atoms with E-state index in [1.807, 2.05) is 61.5 Å². The molecule has 0 radical (unpaired) electrons. The number of aromatic nitrogens is 2. The zero-order chi connectivity index (χ0) is 21.5. The van der Waals surface area contributed by atoms with Gasteiger partial charge in [0.1, 0.15) is 5.78 Å². The Bertz CT molecular complexity index is 1340. The molecule has 0 saturated carbocycles. The minimum atomic E-state index is -0.194. The first-order chi connectivity index (χ1) is 15.1. The van der Waals surface area contributed by atoms with Crippen LogP contribution in [0.15, 0.2) is 60.9 Å². The fourth-order valence-corrected chi connectivity index (χ4v) is 4.52. The number of nitrogens with one attached hydrogen (secondary N) is 1. The predicted molar refractivity (Wildman–Crippen MR) is 123 cm³/mol. The number of anilines is 2. The third-order valence-electron chi connectivity index (χ3n) is 6.02. The lowest BCUT2D eigenvalue weighted by Gasteiger charge is -2.24. The van der Waals surface area contributed by atoms with Crippen molar-refractivity contribution in [3.63, 3.8) is 0 Å².